The molecule has 72 valence electrons. The molecule has 0 bridgehead atoms. The molecular weight excluding hydrogens is 167 g/mol. The second-order valence-electron chi connectivity index (χ2n) is 3.53. The number of alkyl halides is 3. The van der Waals surface area contributed by atoms with Crippen LogP contribution < -0.4 is 0 Å². The van der Waals surface area contributed by atoms with E-state index >= 15 is 0 Å². The third kappa shape index (κ3) is 1.91. The van der Waals surface area contributed by atoms with Gasteiger partial charge < -0.3 is 0 Å². The van der Waals surface area contributed by atoms with E-state index < -0.39 is 12.2 Å². The molecule has 0 N–H and O–H groups in total. The predicted octanol–water partition coefficient (Wildman–Crippen LogP) is 2.42. The van der Waals surface area contributed by atoms with Crippen molar-refractivity contribution >= 4 is 0 Å². The van der Waals surface area contributed by atoms with Gasteiger partial charge in [-0.05, 0) is 33.2 Å². The molecule has 0 spiro atoms. The molecule has 1 rings (SSSR count). The standard InChI is InChI=1S/C8H14F3N/c1-6(2)12-5-3-4-7(12)8(9,10)11/h6-7H,3-5H2,1-2H3. The summed E-state index contributed by atoms with van der Waals surface area (Å²) in [6.07, 6.45) is -3.11. The van der Waals surface area contributed by atoms with Crippen molar-refractivity contribution in [3.05, 3.63) is 0 Å². The molecule has 4 heteroatoms. The maximum atomic E-state index is 12.3. The van der Waals surface area contributed by atoms with Gasteiger partial charge in [0.2, 0.25) is 0 Å². The highest BCUT2D eigenvalue weighted by Gasteiger charge is 2.46. The molecular formula is C8H14F3N. The molecule has 0 saturated carbocycles. The fraction of sp³-hybridized carbons (Fsp3) is 1.00. The molecule has 1 nitrogen and oxygen atoms in total. The zero-order valence-corrected chi connectivity index (χ0v) is 7.36. The largest absolute Gasteiger partial charge is 0.404 e. The maximum Gasteiger partial charge on any atom is 0.404 e. The molecule has 0 aromatic rings. The summed E-state index contributed by atoms with van der Waals surface area (Å²) in [5.74, 6) is 0. The van der Waals surface area contributed by atoms with Gasteiger partial charge in [0.1, 0.15) is 6.04 Å². The van der Waals surface area contributed by atoms with Gasteiger partial charge in [-0.2, -0.15) is 13.2 Å². The molecule has 1 saturated heterocycles. The summed E-state index contributed by atoms with van der Waals surface area (Å²) in [6.45, 7) is 4.20. The summed E-state index contributed by atoms with van der Waals surface area (Å²) in [4.78, 5) is 1.53. The van der Waals surface area contributed by atoms with Gasteiger partial charge in [0.15, 0.2) is 0 Å². The van der Waals surface area contributed by atoms with E-state index in [4.69, 9.17) is 0 Å². The summed E-state index contributed by atoms with van der Waals surface area (Å²) >= 11 is 0. The van der Waals surface area contributed by atoms with Gasteiger partial charge in [-0.15, -0.1) is 0 Å². The van der Waals surface area contributed by atoms with Crippen molar-refractivity contribution in [2.24, 2.45) is 0 Å². The Balaban J connectivity index is 2.64. The van der Waals surface area contributed by atoms with Crippen LogP contribution >= 0.6 is 0 Å². The summed E-state index contributed by atoms with van der Waals surface area (Å²) in [5, 5.41) is 0. The number of nitrogens with zero attached hydrogens (tertiary/aromatic N) is 1. The van der Waals surface area contributed by atoms with Gasteiger partial charge in [-0.3, -0.25) is 4.90 Å². The number of likely N-dealkylation sites (tertiary alicyclic amines) is 1. The molecule has 1 aliphatic rings. The van der Waals surface area contributed by atoms with Crippen molar-refractivity contribution in [1.29, 1.82) is 0 Å². The highest BCUT2D eigenvalue weighted by Crippen LogP contribution is 2.33. The predicted molar refractivity (Wildman–Crippen MR) is 40.9 cm³/mol. The van der Waals surface area contributed by atoms with Crippen LogP contribution in [0.15, 0.2) is 0 Å². The van der Waals surface area contributed by atoms with E-state index in [0.29, 0.717) is 13.0 Å². The van der Waals surface area contributed by atoms with E-state index in [1.807, 2.05) is 13.8 Å². The Kier molecular flexibility index (Phi) is 2.66. The van der Waals surface area contributed by atoms with Crippen molar-refractivity contribution in [1.82, 2.24) is 4.90 Å². The highest BCUT2D eigenvalue weighted by molar-refractivity contribution is 4.86. The Bertz CT molecular complexity index is 153. The van der Waals surface area contributed by atoms with Crippen LogP contribution in [0.5, 0.6) is 0 Å². The Hall–Kier alpha value is -0.250. The smallest absolute Gasteiger partial charge is 0.290 e. The molecule has 0 aliphatic carbocycles. The van der Waals surface area contributed by atoms with E-state index in [2.05, 4.69) is 0 Å². The lowest BCUT2D eigenvalue weighted by Crippen LogP contribution is -2.44. The Labute approximate surface area is 70.5 Å². The van der Waals surface area contributed by atoms with Crippen molar-refractivity contribution < 1.29 is 13.2 Å². The molecule has 12 heavy (non-hydrogen) atoms. The van der Waals surface area contributed by atoms with Crippen LogP contribution in [0.4, 0.5) is 13.2 Å². The number of rotatable bonds is 1. The average Bonchev–Trinajstić information content (AvgIpc) is 2.30. The Morgan fingerprint density at radius 2 is 1.92 bits per heavy atom. The second-order valence-corrected chi connectivity index (χ2v) is 3.53. The van der Waals surface area contributed by atoms with Crippen LogP contribution in [-0.2, 0) is 0 Å². The van der Waals surface area contributed by atoms with Crippen molar-refractivity contribution in [2.45, 2.75) is 44.9 Å². The van der Waals surface area contributed by atoms with Gasteiger partial charge in [0, 0.05) is 6.04 Å². The zero-order chi connectivity index (χ0) is 9.35. The highest BCUT2D eigenvalue weighted by atomic mass is 19.4. The molecule has 1 unspecified atom stereocenters. The summed E-state index contributed by atoms with van der Waals surface area (Å²) in [6, 6.07) is -1.20. The van der Waals surface area contributed by atoms with Crippen LogP contribution in [0, 0.1) is 0 Å². The quantitative estimate of drug-likeness (QED) is 0.600. The molecule has 0 aromatic heterocycles. The van der Waals surface area contributed by atoms with E-state index in [1.165, 1.54) is 4.90 Å². The first kappa shape index (κ1) is 9.84. The third-order valence-corrected chi connectivity index (χ3v) is 2.34. The number of hydrogen-bond acceptors (Lipinski definition) is 1. The molecule has 0 radical (unpaired) electrons. The SMILES string of the molecule is CC(C)N1CCCC1C(F)(F)F. The van der Waals surface area contributed by atoms with Gasteiger partial charge in [-0.25, -0.2) is 0 Å². The lowest BCUT2D eigenvalue weighted by atomic mass is 10.2. The topological polar surface area (TPSA) is 3.24 Å². The van der Waals surface area contributed by atoms with Gasteiger partial charge >= 0.3 is 6.18 Å². The third-order valence-electron chi connectivity index (χ3n) is 2.34. The van der Waals surface area contributed by atoms with Crippen LogP contribution in [0.2, 0.25) is 0 Å². The minimum atomic E-state index is -4.04. The van der Waals surface area contributed by atoms with Gasteiger partial charge in [0.25, 0.3) is 0 Å². The lowest BCUT2D eigenvalue weighted by molar-refractivity contribution is -0.179. The minimum Gasteiger partial charge on any atom is -0.290 e. The fourth-order valence-corrected chi connectivity index (χ4v) is 1.76. The van der Waals surface area contributed by atoms with E-state index in [0.717, 1.165) is 0 Å². The van der Waals surface area contributed by atoms with Crippen LogP contribution in [-0.4, -0.2) is 29.7 Å². The van der Waals surface area contributed by atoms with Crippen molar-refractivity contribution in [2.75, 3.05) is 6.54 Å². The van der Waals surface area contributed by atoms with E-state index in [-0.39, 0.29) is 12.5 Å². The van der Waals surface area contributed by atoms with Crippen molar-refractivity contribution in [3.63, 3.8) is 0 Å². The second kappa shape index (κ2) is 3.24. The molecule has 1 aliphatic heterocycles. The Morgan fingerprint density at radius 3 is 2.25 bits per heavy atom. The average molecular weight is 181 g/mol. The normalized spacial score (nSPS) is 27.0. The van der Waals surface area contributed by atoms with E-state index in [1.54, 1.807) is 0 Å². The monoisotopic (exact) mass is 181 g/mol. The first-order valence-corrected chi connectivity index (χ1v) is 4.25. The zero-order valence-electron chi connectivity index (χ0n) is 7.36. The minimum absolute atomic E-state index is 0.000810. The summed E-state index contributed by atoms with van der Waals surface area (Å²) in [5.41, 5.74) is 0. The summed E-state index contributed by atoms with van der Waals surface area (Å²) < 4.78 is 37.0. The van der Waals surface area contributed by atoms with Gasteiger partial charge in [0.05, 0.1) is 0 Å². The Morgan fingerprint density at radius 1 is 1.33 bits per heavy atom. The number of hydrogen-bond donors (Lipinski definition) is 0. The first-order valence-electron chi connectivity index (χ1n) is 4.25. The first-order chi connectivity index (χ1) is 5.43. The molecule has 0 aromatic carbocycles. The molecule has 1 fully saturated rings. The lowest BCUT2D eigenvalue weighted by Gasteiger charge is -2.29. The molecule has 0 amide bonds. The van der Waals surface area contributed by atoms with Crippen LogP contribution in [0.3, 0.4) is 0 Å². The molecule has 1 atom stereocenters. The maximum absolute atomic E-state index is 12.3. The van der Waals surface area contributed by atoms with Gasteiger partial charge in [-0.1, -0.05) is 0 Å². The van der Waals surface area contributed by atoms with Crippen molar-refractivity contribution in [3.8, 4) is 0 Å². The molecule has 1 heterocycles. The summed E-state index contributed by atoms with van der Waals surface area (Å²) in [7, 11) is 0. The van der Waals surface area contributed by atoms with Crippen LogP contribution in [0.25, 0.3) is 0 Å². The van der Waals surface area contributed by atoms with Crippen LogP contribution in [0.1, 0.15) is 26.7 Å². The van der Waals surface area contributed by atoms with E-state index in [9.17, 15) is 13.2 Å². The fourth-order valence-electron chi connectivity index (χ4n) is 1.76. The number of halogens is 3.